The number of hydrogen-bond donors (Lipinski definition) is 0. The quantitative estimate of drug-likeness (QED) is 0.807. The van der Waals surface area contributed by atoms with Gasteiger partial charge in [-0.25, -0.2) is 0 Å². The van der Waals surface area contributed by atoms with Crippen molar-refractivity contribution in [3.8, 4) is 11.8 Å². The van der Waals surface area contributed by atoms with Gasteiger partial charge >= 0.3 is 0 Å². The maximum absolute atomic E-state index is 9.82. The third kappa shape index (κ3) is 3.67. The molecule has 1 aliphatic rings. The van der Waals surface area contributed by atoms with E-state index in [2.05, 4.69) is 6.07 Å². The molecule has 0 radical (unpaired) electrons. The van der Waals surface area contributed by atoms with E-state index in [9.17, 15) is 5.26 Å². The highest BCUT2D eigenvalue weighted by Crippen LogP contribution is 2.41. The Balaban J connectivity index is 2.05. The second-order valence-electron chi connectivity index (χ2n) is 5.78. The molecule has 0 unspecified atom stereocenters. The van der Waals surface area contributed by atoms with Crippen molar-refractivity contribution in [3.05, 3.63) is 71.3 Å². The molecule has 0 saturated heterocycles. The molecule has 0 spiro atoms. The summed E-state index contributed by atoms with van der Waals surface area (Å²) in [5.41, 5.74) is 2.58. The Kier molecular flexibility index (Phi) is 5.37. The van der Waals surface area contributed by atoms with Gasteiger partial charge < -0.3 is 14.2 Å². The van der Waals surface area contributed by atoms with Crippen LogP contribution in [0.2, 0.25) is 0 Å². The maximum Gasteiger partial charge on any atom is 0.200 e. The Hall–Kier alpha value is -2.77. The van der Waals surface area contributed by atoms with Gasteiger partial charge in [-0.1, -0.05) is 42.5 Å². The Morgan fingerprint density at radius 3 is 2.44 bits per heavy atom. The second kappa shape index (κ2) is 7.87. The van der Waals surface area contributed by atoms with Gasteiger partial charge in [-0.3, -0.25) is 0 Å². The van der Waals surface area contributed by atoms with E-state index in [0.717, 1.165) is 16.9 Å². The fourth-order valence-electron chi connectivity index (χ4n) is 3.08. The van der Waals surface area contributed by atoms with Crippen LogP contribution in [-0.4, -0.2) is 20.0 Å². The molecule has 1 aliphatic heterocycles. The second-order valence-corrected chi connectivity index (χ2v) is 5.78. The lowest BCUT2D eigenvalue weighted by Crippen LogP contribution is -2.26. The lowest BCUT2D eigenvalue weighted by Gasteiger charge is -2.32. The number of methoxy groups -OCH3 is 1. The number of rotatable bonds is 5. The lowest BCUT2D eigenvalue weighted by atomic mass is 9.85. The Bertz CT molecular complexity index is 775. The summed E-state index contributed by atoms with van der Waals surface area (Å²) in [6.07, 6.45) is 0.240. The minimum Gasteiger partial charge on any atom is -0.497 e. The first-order chi connectivity index (χ1) is 12.3. The third-order valence-corrected chi connectivity index (χ3v) is 4.30. The Labute approximate surface area is 148 Å². The van der Waals surface area contributed by atoms with Gasteiger partial charge in [0.2, 0.25) is 6.29 Å². The molecule has 2 atom stereocenters. The van der Waals surface area contributed by atoms with Gasteiger partial charge in [0.05, 0.1) is 18.8 Å². The molecular weight excluding hydrogens is 314 g/mol. The van der Waals surface area contributed by atoms with Crippen molar-refractivity contribution >= 4 is 5.76 Å². The Morgan fingerprint density at radius 2 is 1.84 bits per heavy atom. The predicted molar refractivity (Wildman–Crippen MR) is 95.8 cm³/mol. The number of nitrogens with zero attached hydrogens (tertiary/aromatic N) is 1. The predicted octanol–water partition coefficient (Wildman–Crippen LogP) is 4.50. The van der Waals surface area contributed by atoms with Crippen LogP contribution in [0, 0.1) is 11.3 Å². The molecule has 0 amide bonds. The monoisotopic (exact) mass is 335 g/mol. The molecule has 128 valence electrons. The summed E-state index contributed by atoms with van der Waals surface area (Å²) in [6.45, 7) is 2.50. The minimum atomic E-state index is -0.371. The topological polar surface area (TPSA) is 51.5 Å². The van der Waals surface area contributed by atoms with Gasteiger partial charge in [-0.05, 0) is 24.6 Å². The third-order valence-electron chi connectivity index (χ3n) is 4.30. The van der Waals surface area contributed by atoms with Crippen LogP contribution >= 0.6 is 0 Å². The fourth-order valence-corrected chi connectivity index (χ4v) is 3.08. The Morgan fingerprint density at radius 1 is 1.12 bits per heavy atom. The van der Waals surface area contributed by atoms with Gasteiger partial charge in [0, 0.05) is 24.5 Å². The maximum atomic E-state index is 9.82. The van der Waals surface area contributed by atoms with Crippen LogP contribution in [0.5, 0.6) is 5.75 Å². The molecule has 2 aromatic carbocycles. The van der Waals surface area contributed by atoms with Crippen molar-refractivity contribution in [1.29, 1.82) is 5.26 Å². The molecule has 0 fully saturated rings. The number of nitriles is 1. The normalized spacial score (nSPS) is 19.9. The smallest absolute Gasteiger partial charge is 0.200 e. The summed E-state index contributed by atoms with van der Waals surface area (Å²) in [4.78, 5) is 0. The highest BCUT2D eigenvalue weighted by Gasteiger charge is 2.33. The van der Waals surface area contributed by atoms with Crippen LogP contribution in [0.15, 0.2) is 60.2 Å². The van der Waals surface area contributed by atoms with Crippen LogP contribution < -0.4 is 4.74 Å². The first-order valence-corrected chi connectivity index (χ1v) is 8.38. The van der Waals surface area contributed by atoms with E-state index in [1.807, 2.05) is 61.5 Å². The van der Waals surface area contributed by atoms with Crippen LogP contribution in [0.25, 0.3) is 5.76 Å². The van der Waals surface area contributed by atoms with Gasteiger partial charge in [0.1, 0.15) is 11.5 Å². The fraction of sp³-hybridized carbons (Fsp3) is 0.286. The zero-order valence-electron chi connectivity index (χ0n) is 14.4. The van der Waals surface area contributed by atoms with Crippen molar-refractivity contribution in [1.82, 2.24) is 0 Å². The minimum absolute atomic E-state index is 0.0728. The molecular formula is C21H21NO3. The molecule has 0 saturated carbocycles. The number of hydrogen-bond acceptors (Lipinski definition) is 4. The van der Waals surface area contributed by atoms with Crippen LogP contribution in [0.3, 0.4) is 0 Å². The number of benzene rings is 2. The van der Waals surface area contributed by atoms with E-state index < -0.39 is 0 Å². The molecule has 2 aromatic rings. The van der Waals surface area contributed by atoms with E-state index >= 15 is 0 Å². The van der Waals surface area contributed by atoms with Crippen molar-refractivity contribution in [2.45, 2.75) is 25.6 Å². The first-order valence-electron chi connectivity index (χ1n) is 8.38. The van der Waals surface area contributed by atoms with Crippen LogP contribution in [0.4, 0.5) is 0 Å². The molecule has 4 heteroatoms. The lowest BCUT2D eigenvalue weighted by molar-refractivity contribution is -0.104. The molecule has 0 N–H and O–H groups in total. The zero-order valence-corrected chi connectivity index (χ0v) is 14.4. The molecule has 25 heavy (non-hydrogen) atoms. The van der Waals surface area contributed by atoms with Crippen molar-refractivity contribution in [2.75, 3.05) is 13.7 Å². The summed E-state index contributed by atoms with van der Waals surface area (Å²) in [5, 5.41) is 9.82. The standard InChI is InChI=1S/C21H21NO3/c1-3-24-20-13-18(15-9-11-17(23-2)12-10-15)19(14-22)21(25-20)16-7-5-4-6-8-16/h4-12,18,20H,3,13H2,1-2H3/t18-,20-/m1/s1. The summed E-state index contributed by atoms with van der Waals surface area (Å²) in [6, 6.07) is 19.9. The SMILES string of the molecule is CCO[C@H]1C[C@H](c2ccc(OC)cc2)C(C#N)=C(c2ccccc2)O1. The van der Waals surface area contributed by atoms with Crippen LogP contribution in [0.1, 0.15) is 30.4 Å². The van der Waals surface area contributed by atoms with Gasteiger partial charge in [-0.2, -0.15) is 5.26 Å². The highest BCUT2D eigenvalue weighted by atomic mass is 16.7. The van der Waals surface area contributed by atoms with Crippen molar-refractivity contribution in [2.24, 2.45) is 0 Å². The van der Waals surface area contributed by atoms with Gasteiger partial charge in [0.25, 0.3) is 0 Å². The van der Waals surface area contributed by atoms with Crippen LogP contribution in [-0.2, 0) is 9.47 Å². The highest BCUT2D eigenvalue weighted by molar-refractivity contribution is 5.69. The van der Waals surface area contributed by atoms with E-state index in [0.29, 0.717) is 24.4 Å². The average molecular weight is 335 g/mol. The van der Waals surface area contributed by atoms with E-state index in [-0.39, 0.29) is 12.2 Å². The average Bonchev–Trinajstić information content (AvgIpc) is 2.68. The van der Waals surface area contributed by atoms with Gasteiger partial charge in [0.15, 0.2) is 0 Å². The molecule has 0 aromatic heterocycles. The summed E-state index contributed by atoms with van der Waals surface area (Å²) >= 11 is 0. The summed E-state index contributed by atoms with van der Waals surface area (Å²) in [7, 11) is 1.64. The molecule has 1 heterocycles. The molecule has 3 rings (SSSR count). The number of ether oxygens (including phenoxy) is 3. The zero-order chi connectivity index (χ0) is 17.6. The molecule has 0 aliphatic carbocycles. The summed E-state index contributed by atoms with van der Waals surface area (Å²) in [5.74, 6) is 1.33. The van der Waals surface area contributed by atoms with E-state index in [1.165, 1.54) is 0 Å². The van der Waals surface area contributed by atoms with Crippen molar-refractivity contribution < 1.29 is 14.2 Å². The van der Waals surface area contributed by atoms with E-state index in [4.69, 9.17) is 14.2 Å². The van der Waals surface area contributed by atoms with Crippen molar-refractivity contribution in [3.63, 3.8) is 0 Å². The molecule has 4 nitrogen and oxygen atoms in total. The van der Waals surface area contributed by atoms with E-state index in [1.54, 1.807) is 7.11 Å². The largest absolute Gasteiger partial charge is 0.497 e. The van der Waals surface area contributed by atoms with Gasteiger partial charge in [-0.15, -0.1) is 0 Å². The number of allylic oxidation sites excluding steroid dienone is 1. The summed E-state index contributed by atoms with van der Waals surface area (Å²) < 4.78 is 17.0. The first kappa shape index (κ1) is 17.1. The molecule has 0 bridgehead atoms.